The lowest BCUT2D eigenvalue weighted by atomic mass is 9.95. The van der Waals surface area contributed by atoms with E-state index in [1.54, 1.807) is 0 Å². The first-order chi connectivity index (χ1) is 5.90. The Kier molecular flexibility index (Phi) is 2.63. The summed E-state index contributed by atoms with van der Waals surface area (Å²) < 4.78 is 5.32. The van der Waals surface area contributed by atoms with E-state index in [0.29, 0.717) is 0 Å². The maximum Gasteiger partial charge on any atom is 0.0480 e. The predicted octanol–water partition coefficient (Wildman–Crippen LogP) is 0.0559. The number of likely N-dealkylation sites (tertiary alicyclic amines) is 1. The summed E-state index contributed by atoms with van der Waals surface area (Å²) in [5, 5.41) is 0. The molecule has 0 unspecified atom stereocenters. The molecule has 12 heavy (non-hydrogen) atoms. The highest BCUT2D eigenvalue weighted by atomic mass is 16.5. The van der Waals surface area contributed by atoms with Gasteiger partial charge >= 0.3 is 0 Å². The van der Waals surface area contributed by atoms with Crippen LogP contribution in [0.25, 0.3) is 0 Å². The van der Waals surface area contributed by atoms with Crippen LogP contribution in [0, 0.1) is 5.92 Å². The molecule has 3 heteroatoms. The van der Waals surface area contributed by atoms with Crippen molar-refractivity contribution in [2.24, 2.45) is 11.7 Å². The third-order valence-corrected chi connectivity index (χ3v) is 3.03. The van der Waals surface area contributed by atoms with Gasteiger partial charge in [0.2, 0.25) is 0 Å². The largest absolute Gasteiger partial charge is 0.381 e. The molecule has 2 aliphatic heterocycles. The molecule has 0 aliphatic carbocycles. The quantitative estimate of drug-likeness (QED) is 0.636. The molecule has 2 rings (SSSR count). The van der Waals surface area contributed by atoms with Crippen molar-refractivity contribution in [2.45, 2.75) is 18.9 Å². The number of rotatable bonds is 2. The Bertz CT molecular complexity index is 139. The van der Waals surface area contributed by atoms with Crippen molar-refractivity contribution in [3.05, 3.63) is 0 Å². The molecule has 0 saturated carbocycles. The van der Waals surface area contributed by atoms with Gasteiger partial charge in [-0.2, -0.15) is 0 Å². The number of ether oxygens (including phenoxy) is 1. The smallest absolute Gasteiger partial charge is 0.0480 e. The Labute approximate surface area is 73.9 Å². The van der Waals surface area contributed by atoms with Crippen LogP contribution in [0.5, 0.6) is 0 Å². The van der Waals surface area contributed by atoms with Gasteiger partial charge in [0.15, 0.2) is 0 Å². The van der Waals surface area contributed by atoms with Crippen LogP contribution in [0.15, 0.2) is 0 Å². The maximum atomic E-state index is 5.57. The van der Waals surface area contributed by atoms with E-state index < -0.39 is 0 Å². The SMILES string of the molecule is NCC1CN(C2CCOCC2)C1. The van der Waals surface area contributed by atoms with Crippen LogP contribution in [0.2, 0.25) is 0 Å². The van der Waals surface area contributed by atoms with Crippen LogP contribution in [-0.4, -0.2) is 43.8 Å². The Balaban J connectivity index is 1.72. The second-order valence-electron chi connectivity index (χ2n) is 3.90. The van der Waals surface area contributed by atoms with E-state index in [2.05, 4.69) is 4.90 Å². The van der Waals surface area contributed by atoms with Crippen LogP contribution < -0.4 is 5.73 Å². The van der Waals surface area contributed by atoms with E-state index in [-0.39, 0.29) is 0 Å². The molecule has 2 aliphatic rings. The van der Waals surface area contributed by atoms with E-state index in [9.17, 15) is 0 Å². The zero-order chi connectivity index (χ0) is 8.39. The highest BCUT2D eigenvalue weighted by Crippen LogP contribution is 2.23. The zero-order valence-corrected chi connectivity index (χ0v) is 7.54. The van der Waals surface area contributed by atoms with Crippen LogP contribution in [-0.2, 0) is 4.74 Å². The zero-order valence-electron chi connectivity index (χ0n) is 7.54. The van der Waals surface area contributed by atoms with Crippen molar-refractivity contribution >= 4 is 0 Å². The minimum absolute atomic E-state index is 0.771. The highest BCUT2D eigenvalue weighted by Gasteiger charge is 2.31. The molecule has 0 aromatic rings. The van der Waals surface area contributed by atoms with Gasteiger partial charge in [-0.15, -0.1) is 0 Å². The maximum absolute atomic E-state index is 5.57. The summed E-state index contributed by atoms with van der Waals surface area (Å²) in [5.74, 6) is 0.771. The van der Waals surface area contributed by atoms with Crippen molar-refractivity contribution < 1.29 is 4.74 Å². The first kappa shape index (κ1) is 8.48. The van der Waals surface area contributed by atoms with Gasteiger partial charge in [-0.3, -0.25) is 4.90 Å². The normalized spacial score (nSPS) is 28.8. The van der Waals surface area contributed by atoms with E-state index in [1.807, 2.05) is 0 Å². The van der Waals surface area contributed by atoms with Crippen molar-refractivity contribution in [3.63, 3.8) is 0 Å². The molecule has 2 N–H and O–H groups in total. The minimum atomic E-state index is 0.771. The number of hydrogen-bond acceptors (Lipinski definition) is 3. The van der Waals surface area contributed by atoms with Gasteiger partial charge in [-0.25, -0.2) is 0 Å². The van der Waals surface area contributed by atoms with Crippen molar-refractivity contribution in [1.29, 1.82) is 0 Å². The van der Waals surface area contributed by atoms with Crippen molar-refractivity contribution in [2.75, 3.05) is 32.8 Å². The third-order valence-electron chi connectivity index (χ3n) is 3.03. The topological polar surface area (TPSA) is 38.5 Å². The lowest BCUT2D eigenvalue weighted by Gasteiger charge is -2.45. The predicted molar refractivity (Wildman–Crippen MR) is 48.0 cm³/mol. The van der Waals surface area contributed by atoms with Gasteiger partial charge in [-0.1, -0.05) is 0 Å². The fourth-order valence-corrected chi connectivity index (χ4v) is 2.11. The molecular formula is C9H18N2O. The summed E-state index contributed by atoms with van der Waals surface area (Å²) in [6, 6.07) is 0.793. The highest BCUT2D eigenvalue weighted by molar-refractivity contribution is 4.86. The van der Waals surface area contributed by atoms with Gasteiger partial charge in [0.05, 0.1) is 0 Å². The lowest BCUT2D eigenvalue weighted by molar-refractivity contribution is -0.0128. The van der Waals surface area contributed by atoms with E-state index >= 15 is 0 Å². The fourth-order valence-electron chi connectivity index (χ4n) is 2.11. The average Bonchev–Trinajstić information content (AvgIpc) is 2.04. The molecule has 0 atom stereocenters. The summed E-state index contributed by atoms with van der Waals surface area (Å²) in [7, 11) is 0. The molecule has 0 amide bonds. The number of nitrogens with two attached hydrogens (primary N) is 1. The second kappa shape index (κ2) is 3.73. The third kappa shape index (κ3) is 1.63. The summed E-state index contributed by atoms with van der Waals surface area (Å²) >= 11 is 0. The van der Waals surface area contributed by atoms with Crippen LogP contribution >= 0.6 is 0 Å². The molecule has 2 fully saturated rings. The van der Waals surface area contributed by atoms with Crippen LogP contribution in [0.4, 0.5) is 0 Å². The molecule has 3 nitrogen and oxygen atoms in total. The fraction of sp³-hybridized carbons (Fsp3) is 1.00. The van der Waals surface area contributed by atoms with Gasteiger partial charge in [-0.05, 0) is 25.3 Å². The molecule has 0 bridgehead atoms. The van der Waals surface area contributed by atoms with Gasteiger partial charge in [0.1, 0.15) is 0 Å². The summed E-state index contributed by atoms with van der Waals surface area (Å²) in [6.45, 7) is 5.21. The van der Waals surface area contributed by atoms with E-state index in [0.717, 1.165) is 31.7 Å². The molecule has 0 aromatic heterocycles. The molecule has 70 valence electrons. The van der Waals surface area contributed by atoms with E-state index in [4.69, 9.17) is 10.5 Å². The Hall–Kier alpha value is -0.120. The Morgan fingerprint density at radius 1 is 1.25 bits per heavy atom. The molecule has 0 spiro atoms. The number of nitrogens with zero attached hydrogens (tertiary/aromatic N) is 1. The lowest BCUT2D eigenvalue weighted by Crippen LogP contribution is -2.55. The van der Waals surface area contributed by atoms with Gasteiger partial charge in [0, 0.05) is 32.3 Å². The monoisotopic (exact) mass is 170 g/mol. The molecule has 2 saturated heterocycles. The molecule has 0 radical (unpaired) electrons. The minimum Gasteiger partial charge on any atom is -0.381 e. The van der Waals surface area contributed by atoms with Crippen LogP contribution in [0.1, 0.15) is 12.8 Å². The van der Waals surface area contributed by atoms with Crippen molar-refractivity contribution in [1.82, 2.24) is 4.90 Å². The summed E-state index contributed by atoms with van der Waals surface area (Å²) in [6.07, 6.45) is 2.44. The Morgan fingerprint density at radius 2 is 1.92 bits per heavy atom. The van der Waals surface area contributed by atoms with Gasteiger partial charge in [0.25, 0.3) is 0 Å². The molecule has 0 aromatic carbocycles. The van der Waals surface area contributed by atoms with Crippen LogP contribution in [0.3, 0.4) is 0 Å². The molecule has 2 heterocycles. The first-order valence-electron chi connectivity index (χ1n) is 4.92. The number of hydrogen-bond donors (Lipinski definition) is 1. The second-order valence-corrected chi connectivity index (χ2v) is 3.90. The van der Waals surface area contributed by atoms with Gasteiger partial charge < -0.3 is 10.5 Å². The summed E-state index contributed by atoms with van der Waals surface area (Å²) in [5.41, 5.74) is 5.57. The first-order valence-corrected chi connectivity index (χ1v) is 4.92. The molecular weight excluding hydrogens is 152 g/mol. The average molecular weight is 170 g/mol. The van der Waals surface area contributed by atoms with E-state index in [1.165, 1.54) is 25.9 Å². The summed E-state index contributed by atoms with van der Waals surface area (Å²) in [4.78, 5) is 2.56. The standard InChI is InChI=1S/C9H18N2O/c10-5-8-6-11(7-8)9-1-3-12-4-2-9/h8-9H,1-7,10H2. The van der Waals surface area contributed by atoms with Crippen molar-refractivity contribution in [3.8, 4) is 0 Å². The Morgan fingerprint density at radius 3 is 2.50 bits per heavy atom.